The lowest BCUT2D eigenvalue weighted by Gasteiger charge is -2.22. The van der Waals surface area contributed by atoms with Gasteiger partial charge in [0.2, 0.25) is 5.91 Å². The Morgan fingerprint density at radius 1 is 1.31 bits per heavy atom. The molecule has 3 aliphatic rings. The molecular weight excluding hydrogens is 402 g/mol. The van der Waals surface area contributed by atoms with Crippen LogP contribution in [0.2, 0.25) is 0 Å². The van der Waals surface area contributed by atoms with Gasteiger partial charge >= 0.3 is 0 Å². The van der Waals surface area contributed by atoms with E-state index in [1.807, 2.05) is 31.2 Å². The minimum Gasteiger partial charge on any atom is -0.357 e. The normalized spacial score (nSPS) is 23.6. The molecule has 7 nitrogen and oxygen atoms in total. The van der Waals surface area contributed by atoms with Crippen molar-refractivity contribution in [3.8, 4) is 0 Å². The molecule has 1 saturated heterocycles. The van der Waals surface area contributed by atoms with E-state index in [1.165, 1.54) is 0 Å². The number of piperidine rings is 1. The predicted octanol–water partition coefficient (Wildman–Crippen LogP) is 2.62. The van der Waals surface area contributed by atoms with Crippen LogP contribution in [0.15, 0.2) is 70.4 Å². The number of aromatic nitrogens is 1. The van der Waals surface area contributed by atoms with Crippen molar-refractivity contribution in [1.82, 2.24) is 20.6 Å². The Morgan fingerprint density at radius 2 is 2.16 bits per heavy atom. The molecule has 1 aromatic carbocycles. The van der Waals surface area contributed by atoms with Gasteiger partial charge in [-0.2, -0.15) is 5.10 Å². The highest BCUT2D eigenvalue weighted by atomic mass is 16.2. The molecule has 5 rings (SSSR count). The van der Waals surface area contributed by atoms with E-state index in [4.69, 9.17) is 0 Å². The number of hydrazone groups is 1. The van der Waals surface area contributed by atoms with Gasteiger partial charge < -0.3 is 15.2 Å². The van der Waals surface area contributed by atoms with E-state index in [9.17, 15) is 9.59 Å². The van der Waals surface area contributed by atoms with Crippen molar-refractivity contribution in [2.75, 3.05) is 20.1 Å². The van der Waals surface area contributed by atoms with E-state index in [0.717, 1.165) is 52.8 Å². The summed E-state index contributed by atoms with van der Waals surface area (Å²) >= 11 is 0. The predicted molar refractivity (Wildman–Crippen MR) is 125 cm³/mol. The maximum absolute atomic E-state index is 12.9. The monoisotopic (exact) mass is 429 g/mol. The molecular formula is C25H27N5O2. The van der Waals surface area contributed by atoms with Crippen molar-refractivity contribution in [1.29, 1.82) is 0 Å². The van der Waals surface area contributed by atoms with Crippen LogP contribution in [0, 0.1) is 5.92 Å². The smallest absolute Gasteiger partial charge is 0.246 e. The molecule has 2 aromatic rings. The number of hydrogen-bond acceptors (Lipinski definition) is 5. The van der Waals surface area contributed by atoms with E-state index in [0.29, 0.717) is 0 Å². The molecule has 0 bridgehead atoms. The van der Waals surface area contributed by atoms with Crippen molar-refractivity contribution < 1.29 is 9.59 Å². The first-order chi connectivity index (χ1) is 15.5. The summed E-state index contributed by atoms with van der Waals surface area (Å²) in [6.07, 6.45) is 7.81. The van der Waals surface area contributed by atoms with Crippen molar-refractivity contribution >= 4 is 28.8 Å². The second kappa shape index (κ2) is 8.24. The number of benzene rings is 1. The van der Waals surface area contributed by atoms with Crippen LogP contribution in [0.4, 0.5) is 0 Å². The maximum atomic E-state index is 12.9. The van der Waals surface area contributed by atoms with Gasteiger partial charge in [0.05, 0.1) is 12.3 Å². The van der Waals surface area contributed by atoms with Crippen molar-refractivity contribution in [3.05, 3.63) is 71.0 Å². The molecule has 0 saturated carbocycles. The summed E-state index contributed by atoms with van der Waals surface area (Å²) in [7, 11) is 1.80. The number of Topliss-reactive ketones (excluding diaryl/α,β-unsaturated/α-hetero) is 1. The number of para-hydroxylation sites is 1. The summed E-state index contributed by atoms with van der Waals surface area (Å²) in [6.45, 7) is 3.58. The Bertz CT molecular complexity index is 1170. The summed E-state index contributed by atoms with van der Waals surface area (Å²) in [6, 6.07) is 9.67. The highest BCUT2D eigenvalue weighted by molar-refractivity contribution is 5.99. The zero-order chi connectivity index (χ0) is 22.2. The number of aromatic amines is 1. The molecule has 1 aliphatic carbocycles. The second-order valence-electron chi connectivity index (χ2n) is 8.64. The van der Waals surface area contributed by atoms with Gasteiger partial charge in [-0.25, -0.2) is 0 Å². The SMILES string of the molecule is CC(c1cc2ccccc2[nH]1)N(C)C(=O)/C=C/C1=CC2=C3CNCCC3C(=O)[C@H]2NN=C1. The summed E-state index contributed by atoms with van der Waals surface area (Å²) < 4.78 is 0. The molecule has 0 radical (unpaired) electrons. The molecule has 7 heteroatoms. The number of likely N-dealkylation sites (N-methyl/N-ethyl adjacent to an activating group) is 1. The second-order valence-corrected chi connectivity index (χ2v) is 8.64. The summed E-state index contributed by atoms with van der Waals surface area (Å²) in [5.74, 6) is 0.0677. The number of fused-ring (bicyclic) bond motifs is 3. The third-order valence-corrected chi connectivity index (χ3v) is 6.74. The summed E-state index contributed by atoms with van der Waals surface area (Å²) in [5.41, 5.74) is 7.96. The molecule has 2 unspecified atom stereocenters. The molecule has 0 spiro atoms. The van der Waals surface area contributed by atoms with E-state index < -0.39 is 6.04 Å². The van der Waals surface area contributed by atoms with Crippen LogP contribution >= 0.6 is 0 Å². The van der Waals surface area contributed by atoms with E-state index in [1.54, 1.807) is 30.3 Å². The Hall–Kier alpha value is -3.45. The van der Waals surface area contributed by atoms with Crippen LogP contribution in [-0.2, 0) is 9.59 Å². The largest absolute Gasteiger partial charge is 0.357 e. The number of carbonyl (C=O) groups excluding carboxylic acids is 2. The van der Waals surface area contributed by atoms with Crippen molar-refractivity contribution in [2.45, 2.75) is 25.4 Å². The molecule has 32 heavy (non-hydrogen) atoms. The first-order valence-electron chi connectivity index (χ1n) is 11.0. The van der Waals surface area contributed by atoms with Gasteiger partial charge in [-0.1, -0.05) is 18.2 Å². The number of nitrogens with one attached hydrogen (secondary N) is 3. The van der Waals surface area contributed by atoms with Crippen LogP contribution in [-0.4, -0.2) is 54.0 Å². The van der Waals surface area contributed by atoms with Crippen LogP contribution in [0.25, 0.3) is 10.9 Å². The standard InChI is InChI=1S/C25H27N5O2/c1-15(22-12-17-5-3-4-6-21(17)28-22)30(2)23(31)8-7-16-11-19-20-14-26-10-9-18(20)25(32)24(19)29-27-13-16/h3-8,11-13,15,18,24,26,28-29H,9-10,14H2,1-2H3/b8-7+/t15?,18?,24-/m0/s1. The Labute approximate surface area is 186 Å². The lowest BCUT2D eigenvalue weighted by molar-refractivity contribution is -0.126. The Kier molecular flexibility index (Phi) is 5.27. The van der Waals surface area contributed by atoms with Crippen LogP contribution < -0.4 is 10.7 Å². The van der Waals surface area contributed by atoms with Crippen molar-refractivity contribution in [3.63, 3.8) is 0 Å². The van der Waals surface area contributed by atoms with Gasteiger partial charge in [-0.15, -0.1) is 0 Å². The van der Waals surface area contributed by atoms with Gasteiger partial charge in [0, 0.05) is 36.8 Å². The Balaban J connectivity index is 1.34. The van der Waals surface area contributed by atoms with E-state index >= 15 is 0 Å². The maximum Gasteiger partial charge on any atom is 0.246 e. The molecule has 1 aromatic heterocycles. The molecule has 164 valence electrons. The third-order valence-electron chi connectivity index (χ3n) is 6.74. The molecule has 3 heterocycles. The zero-order valence-electron chi connectivity index (χ0n) is 18.3. The average molecular weight is 430 g/mol. The number of ketones is 1. The van der Waals surface area contributed by atoms with Gasteiger partial charge in [0.15, 0.2) is 5.78 Å². The first kappa shape index (κ1) is 20.5. The van der Waals surface area contributed by atoms with Gasteiger partial charge in [-0.3, -0.25) is 15.0 Å². The topological polar surface area (TPSA) is 89.6 Å². The fourth-order valence-corrected chi connectivity index (χ4v) is 4.73. The highest BCUT2D eigenvalue weighted by Crippen LogP contribution is 2.35. The lowest BCUT2D eigenvalue weighted by atomic mass is 9.93. The molecule has 2 aliphatic heterocycles. The average Bonchev–Trinajstić information content (AvgIpc) is 3.27. The van der Waals surface area contributed by atoms with Crippen LogP contribution in [0.1, 0.15) is 25.1 Å². The van der Waals surface area contributed by atoms with Gasteiger partial charge in [0.1, 0.15) is 6.04 Å². The summed E-state index contributed by atoms with van der Waals surface area (Å²) in [4.78, 5) is 30.7. The number of hydrogen-bond donors (Lipinski definition) is 3. The number of H-pyrrole nitrogens is 1. The highest BCUT2D eigenvalue weighted by Gasteiger charge is 2.41. The number of carbonyl (C=O) groups is 2. The fraction of sp³-hybridized carbons (Fsp3) is 0.320. The van der Waals surface area contributed by atoms with Gasteiger partial charge in [0.25, 0.3) is 0 Å². The zero-order valence-corrected chi connectivity index (χ0v) is 18.3. The van der Waals surface area contributed by atoms with Crippen molar-refractivity contribution in [2.24, 2.45) is 11.0 Å². The first-order valence-corrected chi connectivity index (χ1v) is 11.0. The molecule has 1 fully saturated rings. The number of allylic oxidation sites excluding steroid dienone is 2. The molecule has 1 amide bonds. The van der Waals surface area contributed by atoms with Gasteiger partial charge in [-0.05, 0) is 66.3 Å². The quantitative estimate of drug-likeness (QED) is 0.652. The van der Waals surface area contributed by atoms with Crippen LogP contribution in [0.5, 0.6) is 0 Å². The number of rotatable bonds is 4. The number of amides is 1. The lowest BCUT2D eigenvalue weighted by Crippen LogP contribution is -2.36. The molecule has 3 N–H and O–H groups in total. The van der Waals surface area contributed by atoms with E-state index in [2.05, 4.69) is 33.0 Å². The number of nitrogens with zero attached hydrogens (tertiary/aromatic N) is 2. The minimum absolute atomic E-state index is 0.0246. The summed E-state index contributed by atoms with van der Waals surface area (Å²) in [5, 5.41) is 8.72. The third kappa shape index (κ3) is 3.58. The Morgan fingerprint density at radius 3 is 3.00 bits per heavy atom. The fourth-order valence-electron chi connectivity index (χ4n) is 4.73. The van der Waals surface area contributed by atoms with E-state index in [-0.39, 0.29) is 23.7 Å². The molecule has 3 atom stereocenters. The minimum atomic E-state index is -0.391. The van der Waals surface area contributed by atoms with Crippen LogP contribution in [0.3, 0.4) is 0 Å².